The predicted molar refractivity (Wildman–Crippen MR) is 174 cm³/mol. The molecule has 0 saturated carbocycles. The Hall–Kier alpha value is -2.88. The fourth-order valence-corrected chi connectivity index (χ4v) is 5.07. The van der Waals surface area contributed by atoms with Crippen LogP contribution in [0.2, 0.25) is 0 Å². The van der Waals surface area contributed by atoms with Gasteiger partial charge in [0.15, 0.2) is 6.10 Å². The molecule has 0 bridgehead atoms. The number of ether oxygens (including phenoxy) is 3. The van der Waals surface area contributed by atoms with Crippen LogP contribution in [-0.4, -0.2) is 37.2 Å². The highest BCUT2D eigenvalue weighted by atomic mass is 32.1. The third-order valence-corrected chi connectivity index (χ3v) is 8.25. The highest BCUT2D eigenvalue weighted by Gasteiger charge is 2.21. The molecule has 0 fully saturated rings. The van der Waals surface area contributed by atoms with Gasteiger partial charge in [-0.2, -0.15) is 37.9 Å². The van der Waals surface area contributed by atoms with Crippen LogP contribution in [0.25, 0.3) is 0 Å². The summed E-state index contributed by atoms with van der Waals surface area (Å²) in [6.45, 7) is -0.439. The molecule has 0 amide bonds. The smallest absolute Gasteiger partial charge is 0.306 e. The maximum atomic E-state index is 12.7. The highest BCUT2D eigenvalue weighted by Crippen LogP contribution is 2.27. The van der Waals surface area contributed by atoms with Gasteiger partial charge in [0.1, 0.15) is 13.2 Å². The average Bonchev–Trinajstić information content (AvgIpc) is 3.03. The van der Waals surface area contributed by atoms with Crippen molar-refractivity contribution in [1.29, 1.82) is 0 Å². The van der Waals surface area contributed by atoms with E-state index in [1.54, 1.807) is 0 Å². The number of hydrogen-bond donors (Lipinski definition) is 3. The third kappa shape index (κ3) is 12.5. The van der Waals surface area contributed by atoms with Crippen LogP contribution in [0, 0.1) is 0 Å². The van der Waals surface area contributed by atoms with E-state index in [4.69, 9.17) is 14.2 Å². The minimum atomic E-state index is -0.928. The van der Waals surface area contributed by atoms with E-state index in [1.807, 2.05) is 91.0 Å². The normalized spacial score (nSPS) is 13.8. The summed E-state index contributed by atoms with van der Waals surface area (Å²) in [6, 6.07) is 29.0. The third-order valence-electron chi connectivity index (χ3n) is 6.58. The summed E-state index contributed by atoms with van der Waals surface area (Å²) in [5, 5.41) is -0.359. The van der Waals surface area contributed by atoms with E-state index in [0.29, 0.717) is 19.3 Å². The summed E-state index contributed by atoms with van der Waals surface area (Å²) in [5.41, 5.74) is 3.03. The molecule has 0 spiro atoms. The van der Waals surface area contributed by atoms with Gasteiger partial charge in [-0.3, -0.25) is 14.4 Å². The van der Waals surface area contributed by atoms with Gasteiger partial charge in [0.05, 0.1) is 0 Å². The predicted octanol–water partition coefficient (Wildman–Crippen LogP) is 7.34. The molecule has 3 unspecified atom stereocenters. The molecule has 3 atom stereocenters. The SMILES string of the molecule is O=C(CCC(S)c1ccccc1)OCC(COC(=O)CCC(S)c1ccccc1)OC(=O)CCC(S)c1ccccc1. The molecule has 0 aromatic heterocycles. The maximum absolute atomic E-state index is 12.7. The largest absolute Gasteiger partial charge is 0.462 e. The molecule has 3 aromatic rings. The molecule has 0 saturated heterocycles. The van der Waals surface area contributed by atoms with E-state index in [9.17, 15) is 14.4 Å². The van der Waals surface area contributed by atoms with Gasteiger partial charge in [0.25, 0.3) is 0 Å². The van der Waals surface area contributed by atoms with Crippen LogP contribution in [0.15, 0.2) is 91.0 Å². The van der Waals surface area contributed by atoms with Crippen molar-refractivity contribution in [3.05, 3.63) is 108 Å². The molecule has 6 nitrogen and oxygen atoms in total. The minimum absolute atomic E-state index is 0.109. The second kappa shape index (κ2) is 18.6. The second-order valence-electron chi connectivity index (χ2n) is 9.87. The van der Waals surface area contributed by atoms with Crippen molar-refractivity contribution in [2.45, 2.75) is 60.4 Å². The first kappa shape index (κ1) is 33.6. The molecule has 224 valence electrons. The lowest BCUT2D eigenvalue weighted by Crippen LogP contribution is -2.31. The zero-order chi connectivity index (χ0) is 30.2. The monoisotopic (exact) mass is 626 g/mol. The van der Waals surface area contributed by atoms with E-state index in [-0.39, 0.29) is 48.2 Å². The molecule has 0 radical (unpaired) electrons. The fraction of sp³-hybridized carbons (Fsp3) is 0.364. The quantitative estimate of drug-likeness (QED) is 0.0827. The van der Waals surface area contributed by atoms with Crippen molar-refractivity contribution in [1.82, 2.24) is 0 Å². The molecule has 0 aliphatic heterocycles. The Bertz CT molecular complexity index is 1160. The molecule has 9 heteroatoms. The minimum Gasteiger partial charge on any atom is -0.462 e. The van der Waals surface area contributed by atoms with E-state index >= 15 is 0 Å². The van der Waals surface area contributed by atoms with Crippen molar-refractivity contribution in [3.8, 4) is 0 Å². The van der Waals surface area contributed by atoms with E-state index in [2.05, 4.69) is 37.9 Å². The van der Waals surface area contributed by atoms with E-state index in [1.165, 1.54) is 0 Å². The number of hydrogen-bond acceptors (Lipinski definition) is 9. The zero-order valence-corrected chi connectivity index (χ0v) is 26.1. The zero-order valence-electron chi connectivity index (χ0n) is 23.4. The first-order chi connectivity index (χ1) is 20.3. The molecule has 0 N–H and O–H groups in total. The first-order valence-corrected chi connectivity index (χ1v) is 15.6. The number of benzene rings is 3. The van der Waals surface area contributed by atoms with Gasteiger partial charge >= 0.3 is 17.9 Å². The van der Waals surface area contributed by atoms with Crippen molar-refractivity contribution in [2.24, 2.45) is 0 Å². The Labute approximate surface area is 264 Å². The lowest BCUT2D eigenvalue weighted by molar-refractivity contribution is -0.167. The Kier molecular flexibility index (Phi) is 14.9. The van der Waals surface area contributed by atoms with Crippen molar-refractivity contribution >= 4 is 55.8 Å². The van der Waals surface area contributed by atoms with Crippen LogP contribution in [0.5, 0.6) is 0 Å². The van der Waals surface area contributed by atoms with Gasteiger partial charge in [-0.05, 0) is 36.0 Å². The molecule has 3 aromatic carbocycles. The number of carbonyl (C=O) groups excluding carboxylic acids is 3. The van der Waals surface area contributed by atoms with Gasteiger partial charge in [-0.15, -0.1) is 0 Å². The maximum Gasteiger partial charge on any atom is 0.306 e. The molecule has 42 heavy (non-hydrogen) atoms. The number of thiol groups is 3. The molecule has 0 aliphatic carbocycles. The molecular formula is C33H38O6S3. The summed E-state index contributed by atoms with van der Waals surface area (Å²) in [5.74, 6) is -1.38. The Balaban J connectivity index is 1.48. The van der Waals surface area contributed by atoms with Gasteiger partial charge in [-0.25, -0.2) is 0 Å². The van der Waals surface area contributed by atoms with Crippen LogP contribution in [-0.2, 0) is 28.6 Å². The van der Waals surface area contributed by atoms with Crippen molar-refractivity contribution < 1.29 is 28.6 Å². The summed E-state index contributed by atoms with van der Waals surface area (Å²) in [4.78, 5) is 37.6. The molecular weight excluding hydrogens is 589 g/mol. The van der Waals surface area contributed by atoms with E-state index < -0.39 is 24.0 Å². The average molecular weight is 627 g/mol. The molecule has 3 rings (SSSR count). The second-order valence-corrected chi connectivity index (χ2v) is 11.7. The topological polar surface area (TPSA) is 78.9 Å². The number of carbonyl (C=O) groups is 3. The van der Waals surface area contributed by atoms with Crippen LogP contribution in [0.4, 0.5) is 0 Å². The molecule has 0 heterocycles. The summed E-state index contributed by atoms with van der Waals surface area (Å²) >= 11 is 13.8. The van der Waals surface area contributed by atoms with Gasteiger partial charge < -0.3 is 14.2 Å². The van der Waals surface area contributed by atoms with Crippen molar-refractivity contribution in [2.75, 3.05) is 13.2 Å². The lowest BCUT2D eigenvalue weighted by Gasteiger charge is -2.19. The fourth-order valence-electron chi connectivity index (χ4n) is 4.17. The Morgan fingerprint density at radius 1 is 0.500 bits per heavy atom. The Morgan fingerprint density at radius 2 is 0.810 bits per heavy atom. The van der Waals surface area contributed by atoms with Gasteiger partial charge in [0, 0.05) is 35.0 Å². The molecule has 0 aliphatic rings. The van der Waals surface area contributed by atoms with Crippen LogP contribution in [0.3, 0.4) is 0 Å². The van der Waals surface area contributed by atoms with Crippen LogP contribution in [0.1, 0.15) is 71.0 Å². The number of esters is 3. The van der Waals surface area contributed by atoms with E-state index in [0.717, 1.165) is 16.7 Å². The lowest BCUT2D eigenvalue weighted by atomic mass is 10.1. The summed E-state index contributed by atoms with van der Waals surface area (Å²) in [6.07, 6.45) is 0.904. The first-order valence-electron chi connectivity index (χ1n) is 14.0. The highest BCUT2D eigenvalue weighted by molar-refractivity contribution is 7.80. The van der Waals surface area contributed by atoms with Gasteiger partial charge in [0.2, 0.25) is 0 Å². The summed E-state index contributed by atoms with van der Waals surface area (Å²) in [7, 11) is 0. The Morgan fingerprint density at radius 3 is 1.14 bits per heavy atom. The van der Waals surface area contributed by atoms with Gasteiger partial charge in [-0.1, -0.05) is 91.0 Å². The van der Waals surface area contributed by atoms with Crippen LogP contribution >= 0.6 is 37.9 Å². The van der Waals surface area contributed by atoms with Crippen molar-refractivity contribution in [3.63, 3.8) is 0 Å². The van der Waals surface area contributed by atoms with Crippen LogP contribution < -0.4 is 0 Å². The standard InChI is InChI=1S/C33H38O6S3/c34-31(19-16-28(40)24-10-4-1-5-11-24)37-22-27(39-33(36)21-18-30(42)26-14-8-3-9-15-26)23-38-32(35)20-17-29(41)25-12-6-2-7-13-25/h1-15,27-30,40-42H,16-23H2. The summed E-state index contributed by atoms with van der Waals surface area (Å²) < 4.78 is 16.4. The number of rotatable bonds is 17.